The maximum Gasteiger partial charge on any atom is 0.239 e. The summed E-state index contributed by atoms with van der Waals surface area (Å²) in [5.74, 6) is -1.13. The summed E-state index contributed by atoms with van der Waals surface area (Å²) < 4.78 is 0. The third-order valence-corrected chi connectivity index (χ3v) is 3.85. The predicted molar refractivity (Wildman–Crippen MR) is 78.1 cm³/mol. The van der Waals surface area contributed by atoms with E-state index in [0.717, 1.165) is 17.1 Å². The van der Waals surface area contributed by atoms with Gasteiger partial charge in [0, 0.05) is 12.1 Å². The molecule has 0 amide bonds. The summed E-state index contributed by atoms with van der Waals surface area (Å²) in [4.78, 5) is 19.1. The van der Waals surface area contributed by atoms with Gasteiger partial charge in [0.2, 0.25) is 6.33 Å². The Labute approximate surface area is 126 Å². The first-order valence-corrected chi connectivity index (χ1v) is 6.96. The van der Waals surface area contributed by atoms with E-state index in [2.05, 4.69) is 15.3 Å². The number of hydrogen-bond acceptors (Lipinski definition) is 3. The minimum atomic E-state index is -1.13. The van der Waals surface area contributed by atoms with Crippen molar-refractivity contribution in [3.05, 3.63) is 48.0 Å². The van der Waals surface area contributed by atoms with Crippen molar-refractivity contribution < 1.29 is 14.9 Å². The van der Waals surface area contributed by atoms with Crippen molar-refractivity contribution >= 4 is 29.0 Å². The van der Waals surface area contributed by atoms with E-state index in [-0.39, 0.29) is 0 Å². The lowest BCUT2D eigenvalue weighted by Gasteiger charge is -2.36. The van der Waals surface area contributed by atoms with E-state index in [9.17, 15) is 9.90 Å². The molecule has 0 saturated carbocycles. The van der Waals surface area contributed by atoms with E-state index in [1.165, 1.54) is 0 Å². The number of carbonyl (C=O) groups excluding carboxylic acids is 1. The number of nitrogens with one attached hydrogen (secondary N) is 3. The number of aromatic nitrogens is 2. The summed E-state index contributed by atoms with van der Waals surface area (Å²) in [5.41, 5.74) is 2.64. The maximum absolute atomic E-state index is 11.4. The third kappa shape index (κ3) is 2.73. The minimum absolute atomic E-state index is 0.331. The molecule has 2 heterocycles. The molecule has 7 heteroatoms. The molecule has 21 heavy (non-hydrogen) atoms. The summed E-state index contributed by atoms with van der Waals surface area (Å²) >= 11 is 5.35. The summed E-state index contributed by atoms with van der Waals surface area (Å²) in [7, 11) is 0. The molecule has 2 aromatic rings. The van der Waals surface area contributed by atoms with Gasteiger partial charge < -0.3 is 20.1 Å². The molecule has 1 aliphatic rings. The number of carbonyl (C=O) groups is 1. The molecule has 0 bridgehead atoms. The van der Waals surface area contributed by atoms with E-state index in [4.69, 9.17) is 12.2 Å². The number of hydrogen-bond donors (Lipinski definition) is 2. The lowest BCUT2D eigenvalue weighted by molar-refractivity contribution is -0.390. The van der Waals surface area contributed by atoms with Crippen molar-refractivity contribution in [1.82, 2.24) is 9.88 Å². The SMILES string of the molecule is O=C([O-])[C@H]1Cc2[nH+]c[nH]c2CN1C(=S)Nc1ccccc1. The lowest BCUT2D eigenvalue weighted by Crippen LogP contribution is -2.55. The van der Waals surface area contributed by atoms with Crippen LogP contribution < -0.4 is 15.4 Å². The highest BCUT2D eigenvalue weighted by atomic mass is 32.1. The van der Waals surface area contributed by atoms with Crippen LogP contribution in [0.4, 0.5) is 5.69 Å². The molecule has 1 aromatic heterocycles. The first kappa shape index (κ1) is 13.6. The van der Waals surface area contributed by atoms with Gasteiger partial charge in [-0.2, -0.15) is 0 Å². The van der Waals surface area contributed by atoms with Gasteiger partial charge >= 0.3 is 0 Å². The number of aromatic amines is 2. The van der Waals surface area contributed by atoms with Gasteiger partial charge in [-0.05, 0) is 24.4 Å². The standard InChI is InChI=1S/C14H14N4O2S/c19-13(20)12-6-10-11(16-8-15-10)7-18(12)14(21)17-9-4-2-1-3-5-9/h1-5,8,12H,6-7H2,(H,15,16)(H,17,21)(H,19,20)/t12-/m1/s1. The smallest absolute Gasteiger partial charge is 0.239 e. The average molecular weight is 302 g/mol. The van der Waals surface area contributed by atoms with Gasteiger partial charge in [0.15, 0.2) is 10.8 Å². The Hall–Kier alpha value is -2.41. The molecular formula is C14H14N4O2S. The Morgan fingerprint density at radius 1 is 1.43 bits per heavy atom. The molecule has 0 saturated heterocycles. The Balaban J connectivity index is 1.82. The highest BCUT2D eigenvalue weighted by molar-refractivity contribution is 7.80. The van der Waals surface area contributed by atoms with Gasteiger partial charge in [0.25, 0.3) is 0 Å². The topological polar surface area (TPSA) is 85.3 Å². The predicted octanol–water partition coefficient (Wildman–Crippen LogP) is -0.298. The van der Waals surface area contributed by atoms with E-state index in [0.29, 0.717) is 18.1 Å². The Bertz CT molecular complexity index is 671. The maximum atomic E-state index is 11.4. The summed E-state index contributed by atoms with van der Waals surface area (Å²) in [6.07, 6.45) is 2.02. The quantitative estimate of drug-likeness (QED) is 0.744. The van der Waals surface area contributed by atoms with Crippen LogP contribution in [0.1, 0.15) is 11.4 Å². The molecule has 0 radical (unpaired) electrons. The number of carboxylic acids is 1. The number of anilines is 1. The van der Waals surface area contributed by atoms with Gasteiger partial charge in [-0.15, -0.1) is 0 Å². The van der Waals surface area contributed by atoms with Crippen LogP contribution in [0.25, 0.3) is 0 Å². The van der Waals surface area contributed by atoms with Gasteiger partial charge in [-0.3, -0.25) is 0 Å². The van der Waals surface area contributed by atoms with Crippen molar-refractivity contribution in [2.24, 2.45) is 0 Å². The normalized spacial score (nSPS) is 17.1. The monoisotopic (exact) mass is 302 g/mol. The highest BCUT2D eigenvalue weighted by Gasteiger charge is 2.33. The molecule has 0 spiro atoms. The molecule has 108 valence electrons. The zero-order chi connectivity index (χ0) is 14.8. The number of aliphatic carboxylic acids is 1. The zero-order valence-electron chi connectivity index (χ0n) is 11.1. The van der Waals surface area contributed by atoms with Crippen LogP contribution in [0, 0.1) is 0 Å². The van der Waals surface area contributed by atoms with Crippen molar-refractivity contribution in [1.29, 1.82) is 0 Å². The molecule has 6 nitrogen and oxygen atoms in total. The summed E-state index contributed by atoms with van der Waals surface area (Å²) in [5, 5.41) is 14.8. The van der Waals surface area contributed by atoms with Crippen LogP contribution >= 0.6 is 12.2 Å². The second-order valence-electron chi connectivity index (χ2n) is 4.85. The highest BCUT2D eigenvalue weighted by Crippen LogP contribution is 2.20. The number of carboxylic acid groups (broad SMARTS) is 1. The van der Waals surface area contributed by atoms with E-state index >= 15 is 0 Å². The molecule has 3 N–H and O–H groups in total. The van der Waals surface area contributed by atoms with Crippen LogP contribution in [0.3, 0.4) is 0 Å². The molecule has 0 fully saturated rings. The van der Waals surface area contributed by atoms with Crippen molar-refractivity contribution in [2.45, 2.75) is 19.0 Å². The fourth-order valence-electron chi connectivity index (χ4n) is 2.43. The number of imidazole rings is 1. The Morgan fingerprint density at radius 2 is 2.19 bits per heavy atom. The van der Waals surface area contributed by atoms with Crippen LogP contribution in [-0.4, -0.2) is 27.0 Å². The average Bonchev–Trinajstić information content (AvgIpc) is 2.94. The number of nitrogens with zero attached hydrogens (tertiary/aromatic N) is 1. The molecule has 1 atom stereocenters. The molecule has 3 rings (SSSR count). The van der Waals surface area contributed by atoms with Crippen LogP contribution in [0.2, 0.25) is 0 Å². The number of rotatable bonds is 2. The first-order valence-electron chi connectivity index (χ1n) is 6.55. The van der Waals surface area contributed by atoms with Gasteiger partial charge in [0.1, 0.15) is 5.69 Å². The molecule has 0 aliphatic carbocycles. The van der Waals surface area contributed by atoms with Crippen LogP contribution in [0.15, 0.2) is 36.7 Å². The minimum Gasteiger partial charge on any atom is -0.548 e. The Kier molecular flexibility index (Phi) is 3.57. The number of para-hydroxylation sites is 1. The molecule has 1 aliphatic heterocycles. The summed E-state index contributed by atoms with van der Waals surface area (Å²) in [6.45, 7) is 0.399. The van der Waals surface area contributed by atoms with E-state index in [1.807, 2.05) is 30.3 Å². The number of fused-ring (bicyclic) bond motifs is 1. The number of H-pyrrole nitrogens is 2. The van der Waals surface area contributed by atoms with Gasteiger partial charge in [-0.1, -0.05) is 18.2 Å². The van der Waals surface area contributed by atoms with Crippen molar-refractivity contribution in [2.75, 3.05) is 5.32 Å². The number of thiocarbonyl (C=S) groups is 1. The zero-order valence-corrected chi connectivity index (χ0v) is 11.9. The molecular weight excluding hydrogens is 288 g/mol. The second kappa shape index (κ2) is 5.53. The van der Waals surface area contributed by atoms with Crippen LogP contribution in [0.5, 0.6) is 0 Å². The third-order valence-electron chi connectivity index (χ3n) is 3.52. The van der Waals surface area contributed by atoms with Gasteiger partial charge in [0.05, 0.1) is 18.6 Å². The summed E-state index contributed by atoms with van der Waals surface area (Å²) in [6, 6.07) is 8.63. The Morgan fingerprint density at radius 3 is 2.90 bits per heavy atom. The van der Waals surface area contributed by atoms with Crippen LogP contribution in [-0.2, 0) is 17.8 Å². The van der Waals surface area contributed by atoms with Crippen molar-refractivity contribution in [3.63, 3.8) is 0 Å². The van der Waals surface area contributed by atoms with Gasteiger partial charge in [-0.25, -0.2) is 9.97 Å². The molecule has 1 aromatic carbocycles. The fourth-order valence-corrected chi connectivity index (χ4v) is 2.74. The fraction of sp³-hybridized carbons (Fsp3) is 0.214. The second-order valence-corrected chi connectivity index (χ2v) is 5.24. The molecule has 0 unspecified atom stereocenters. The van der Waals surface area contributed by atoms with E-state index in [1.54, 1.807) is 11.2 Å². The van der Waals surface area contributed by atoms with Crippen molar-refractivity contribution in [3.8, 4) is 0 Å². The first-order chi connectivity index (χ1) is 10.1. The lowest BCUT2D eigenvalue weighted by atomic mass is 10.0. The largest absolute Gasteiger partial charge is 0.548 e. The van der Waals surface area contributed by atoms with E-state index < -0.39 is 12.0 Å². The number of benzene rings is 1.